The van der Waals surface area contributed by atoms with Gasteiger partial charge in [0.1, 0.15) is 5.75 Å². The van der Waals surface area contributed by atoms with E-state index in [0.717, 1.165) is 7.05 Å². The van der Waals surface area contributed by atoms with Gasteiger partial charge < -0.3 is 15.3 Å². The third-order valence-electron chi connectivity index (χ3n) is 3.38. The van der Waals surface area contributed by atoms with Gasteiger partial charge in [-0.1, -0.05) is 0 Å². The molecular formula is C14H19F3N2O2. The summed E-state index contributed by atoms with van der Waals surface area (Å²) in [7, 11) is 2.50. The number of benzene rings is 1. The fraction of sp³-hybridized carbons (Fsp3) is 0.500. The molecule has 0 amide bonds. The van der Waals surface area contributed by atoms with Crippen LogP contribution in [0.3, 0.4) is 0 Å². The van der Waals surface area contributed by atoms with Crippen molar-refractivity contribution in [1.29, 1.82) is 5.41 Å². The molecule has 0 aliphatic rings. The summed E-state index contributed by atoms with van der Waals surface area (Å²) < 4.78 is 43.7. The number of hydrogen-bond acceptors (Lipinski definition) is 4. The maximum Gasteiger partial charge on any atom is 0.431 e. The molecule has 1 atom stereocenters. The number of halogens is 3. The predicted molar refractivity (Wildman–Crippen MR) is 74.0 cm³/mol. The molecule has 0 aromatic heterocycles. The van der Waals surface area contributed by atoms with Crippen molar-refractivity contribution in [1.82, 2.24) is 5.32 Å². The average molecular weight is 304 g/mol. The molecule has 1 rings (SSSR count). The van der Waals surface area contributed by atoms with Crippen LogP contribution in [0.5, 0.6) is 5.75 Å². The number of aliphatic hydroxyl groups is 1. The number of nitrogens with one attached hydrogen (secondary N) is 2. The van der Waals surface area contributed by atoms with Crippen molar-refractivity contribution in [2.75, 3.05) is 14.2 Å². The minimum absolute atomic E-state index is 0.299. The number of methoxy groups -OCH3 is 1. The lowest BCUT2D eigenvalue weighted by Gasteiger charge is -2.30. The number of alkyl halides is 3. The molecule has 0 aliphatic heterocycles. The highest BCUT2D eigenvalue weighted by Crippen LogP contribution is 2.32. The van der Waals surface area contributed by atoms with E-state index in [1.807, 2.05) is 5.32 Å². The maximum atomic E-state index is 12.9. The Morgan fingerprint density at radius 3 is 2.29 bits per heavy atom. The van der Waals surface area contributed by atoms with E-state index in [1.165, 1.54) is 7.11 Å². The monoisotopic (exact) mass is 304 g/mol. The second-order valence-electron chi connectivity index (χ2n) is 4.90. The summed E-state index contributed by atoms with van der Waals surface area (Å²) in [5.74, 6) is 0.601. The Labute approximate surface area is 121 Å². The molecule has 0 heterocycles. The van der Waals surface area contributed by atoms with Crippen molar-refractivity contribution in [3.63, 3.8) is 0 Å². The molecule has 0 bridgehead atoms. The molecule has 4 nitrogen and oxygen atoms in total. The molecule has 3 N–H and O–H groups in total. The Hall–Kier alpha value is -1.60. The van der Waals surface area contributed by atoms with Gasteiger partial charge >= 0.3 is 6.18 Å². The Bertz CT molecular complexity index is 544. The Balaban J connectivity index is 3.13. The van der Waals surface area contributed by atoms with Crippen LogP contribution in [0.4, 0.5) is 13.2 Å². The highest BCUT2D eigenvalue weighted by atomic mass is 19.4. The molecule has 7 heteroatoms. The van der Waals surface area contributed by atoms with E-state index < -0.39 is 18.3 Å². The molecule has 1 aromatic carbocycles. The van der Waals surface area contributed by atoms with Gasteiger partial charge in [0.15, 0.2) is 0 Å². The zero-order valence-electron chi connectivity index (χ0n) is 12.4. The normalized spacial score (nSPS) is 14.7. The molecular weight excluding hydrogens is 285 g/mol. The number of aryl methyl sites for hydroxylation is 2. The van der Waals surface area contributed by atoms with Gasteiger partial charge in [-0.3, -0.25) is 5.32 Å². The van der Waals surface area contributed by atoms with E-state index in [0.29, 0.717) is 22.4 Å². The second-order valence-corrected chi connectivity index (χ2v) is 4.90. The predicted octanol–water partition coefficient (Wildman–Crippen LogP) is 2.54. The molecule has 0 saturated heterocycles. The van der Waals surface area contributed by atoms with Crippen LogP contribution in [0, 0.1) is 19.3 Å². The number of hydrogen-bond donors (Lipinski definition) is 3. The van der Waals surface area contributed by atoms with Crippen molar-refractivity contribution in [3.05, 3.63) is 28.8 Å². The van der Waals surface area contributed by atoms with E-state index in [2.05, 4.69) is 0 Å². The lowest BCUT2D eigenvalue weighted by atomic mass is 9.94. The summed E-state index contributed by atoms with van der Waals surface area (Å²) >= 11 is 0. The first-order valence-corrected chi connectivity index (χ1v) is 6.26. The summed E-state index contributed by atoms with van der Waals surface area (Å²) in [5.41, 5.74) is -1.74. The van der Waals surface area contributed by atoms with Gasteiger partial charge in [-0.05, 0) is 49.7 Å². The van der Waals surface area contributed by atoms with Gasteiger partial charge in [0.05, 0.1) is 7.11 Å². The van der Waals surface area contributed by atoms with Crippen LogP contribution in [0.15, 0.2) is 12.1 Å². The average Bonchev–Trinajstić information content (AvgIpc) is 2.39. The molecule has 1 aromatic rings. The quantitative estimate of drug-likeness (QED) is 0.578. The molecule has 0 radical (unpaired) electrons. The van der Waals surface area contributed by atoms with Crippen LogP contribution in [0.2, 0.25) is 0 Å². The fourth-order valence-corrected chi connectivity index (χ4v) is 2.02. The summed E-state index contributed by atoms with van der Waals surface area (Å²) in [5, 5.41) is 19.4. The molecule has 0 aliphatic carbocycles. The molecule has 21 heavy (non-hydrogen) atoms. The maximum absolute atomic E-state index is 12.9. The summed E-state index contributed by atoms with van der Waals surface area (Å²) in [6.07, 6.45) is -5.75. The van der Waals surface area contributed by atoms with Crippen molar-refractivity contribution in [3.8, 4) is 5.75 Å². The third-order valence-corrected chi connectivity index (χ3v) is 3.38. The Morgan fingerprint density at radius 1 is 1.29 bits per heavy atom. The van der Waals surface area contributed by atoms with Crippen LogP contribution in [0.1, 0.15) is 23.1 Å². The first-order valence-electron chi connectivity index (χ1n) is 6.26. The van der Waals surface area contributed by atoms with Crippen molar-refractivity contribution in [2.45, 2.75) is 32.2 Å². The van der Waals surface area contributed by atoms with Gasteiger partial charge in [-0.2, -0.15) is 13.2 Å². The smallest absolute Gasteiger partial charge is 0.431 e. The van der Waals surface area contributed by atoms with Crippen LogP contribution in [-0.4, -0.2) is 36.9 Å². The standard InChI is InChI=1S/C14H19F3N2O2/c1-8-6-12(21-4)9(2)5-10(8)11(18)7-13(20,19-3)14(15,16)17/h5-6,18-20H,7H2,1-4H3. The summed E-state index contributed by atoms with van der Waals surface area (Å²) in [4.78, 5) is 0. The fourth-order valence-electron chi connectivity index (χ4n) is 2.02. The van der Waals surface area contributed by atoms with Gasteiger partial charge in [0, 0.05) is 12.1 Å². The highest BCUT2D eigenvalue weighted by Gasteiger charge is 2.53. The van der Waals surface area contributed by atoms with Crippen LogP contribution in [-0.2, 0) is 0 Å². The Kier molecular flexibility index (Phi) is 5.01. The zero-order valence-corrected chi connectivity index (χ0v) is 12.4. The minimum atomic E-state index is -4.87. The third kappa shape index (κ3) is 3.54. The van der Waals surface area contributed by atoms with Crippen LogP contribution in [0.25, 0.3) is 0 Å². The van der Waals surface area contributed by atoms with Crippen molar-refractivity contribution in [2.24, 2.45) is 0 Å². The van der Waals surface area contributed by atoms with E-state index in [9.17, 15) is 18.3 Å². The largest absolute Gasteiger partial charge is 0.496 e. The molecule has 0 spiro atoms. The summed E-state index contributed by atoms with van der Waals surface area (Å²) in [6, 6.07) is 3.24. The van der Waals surface area contributed by atoms with Crippen LogP contribution >= 0.6 is 0 Å². The second kappa shape index (κ2) is 6.03. The molecule has 118 valence electrons. The van der Waals surface area contributed by atoms with Crippen LogP contribution < -0.4 is 10.1 Å². The van der Waals surface area contributed by atoms with Crippen molar-refractivity contribution < 1.29 is 23.0 Å². The van der Waals surface area contributed by atoms with E-state index in [-0.39, 0.29) is 5.71 Å². The highest BCUT2D eigenvalue weighted by molar-refractivity contribution is 6.00. The first kappa shape index (κ1) is 17.5. The molecule has 1 unspecified atom stereocenters. The topological polar surface area (TPSA) is 65.3 Å². The lowest BCUT2D eigenvalue weighted by molar-refractivity contribution is -0.267. The van der Waals surface area contributed by atoms with Gasteiger partial charge in [-0.25, -0.2) is 0 Å². The van der Waals surface area contributed by atoms with Gasteiger partial charge in [0.2, 0.25) is 5.72 Å². The van der Waals surface area contributed by atoms with Gasteiger partial charge in [-0.15, -0.1) is 0 Å². The first-order chi connectivity index (χ1) is 9.55. The molecule has 0 fully saturated rings. The SMILES string of the molecule is CNC(O)(CC(=N)c1cc(C)c(OC)cc1C)C(F)(F)F. The van der Waals surface area contributed by atoms with E-state index in [4.69, 9.17) is 10.1 Å². The van der Waals surface area contributed by atoms with E-state index in [1.54, 1.807) is 26.0 Å². The van der Waals surface area contributed by atoms with Gasteiger partial charge in [0.25, 0.3) is 0 Å². The Morgan fingerprint density at radius 2 is 1.86 bits per heavy atom. The number of rotatable bonds is 5. The van der Waals surface area contributed by atoms with Crippen molar-refractivity contribution >= 4 is 5.71 Å². The zero-order chi connectivity index (χ0) is 16.4. The summed E-state index contributed by atoms with van der Waals surface area (Å²) in [6.45, 7) is 3.42. The number of ether oxygens (including phenoxy) is 1. The lowest BCUT2D eigenvalue weighted by Crippen LogP contribution is -2.56. The molecule has 0 saturated carbocycles. The van der Waals surface area contributed by atoms with E-state index >= 15 is 0 Å². The minimum Gasteiger partial charge on any atom is -0.496 e.